The van der Waals surface area contributed by atoms with E-state index in [1.807, 2.05) is 19.1 Å². The van der Waals surface area contributed by atoms with Gasteiger partial charge >= 0.3 is 0 Å². The van der Waals surface area contributed by atoms with Crippen molar-refractivity contribution in [2.24, 2.45) is 11.7 Å². The van der Waals surface area contributed by atoms with Gasteiger partial charge in [0.1, 0.15) is 5.75 Å². The van der Waals surface area contributed by atoms with Crippen LogP contribution in [0.5, 0.6) is 5.75 Å². The molecule has 3 N–H and O–H groups in total. The third kappa shape index (κ3) is 5.70. The number of carbonyl (C=O) groups excluding carboxylic acids is 1. The monoisotopic (exact) mass is 340 g/mol. The molecule has 0 bridgehead atoms. The fourth-order valence-electron chi connectivity index (χ4n) is 2.63. The largest absolute Gasteiger partial charge is 0.493 e. The van der Waals surface area contributed by atoms with E-state index in [2.05, 4.69) is 31.3 Å². The molecular formula is C18H29ClN2O2. The first kappa shape index (κ1) is 19.8. The molecule has 2 rings (SSSR count). The maximum absolute atomic E-state index is 12.0. The van der Waals surface area contributed by atoms with Crippen molar-refractivity contribution < 1.29 is 9.53 Å². The lowest BCUT2D eigenvalue weighted by Crippen LogP contribution is -2.53. The first-order valence-electron chi connectivity index (χ1n) is 8.18. The molecule has 1 amide bonds. The Hall–Kier alpha value is -1.26. The molecule has 1 unspecified atom stereocenters. The van der Waals surface area contributed by atoms with Crippen molar-refractivity contribution >= 4 is 18.3 Å². The van der Waals surface area contributed by atoms with Crippen molar-refractivity contribution in [1.29, 1.82) is 0 Å². The summed E-state index contributed by atoms with van der Waals surface area (Å²) < 4.78 is 5.64. The van der Waals surface area contributed by atoms with E-state index in [1.54, 1.807) is 0 Å². The average Bonchev–Trinajstić information content (AvgIpc) is 3.32. The van der Waals surface area contributed by atoms with Crippen LogP contribution in [-0.4, -0.2) is 24.6 Å². The predicted molar refractivity (Wildman–Crippen MR) is 96.2 cm³/mol. The minimum absolute atomic E-state index is 0. The second kappa shape index (κ2) is 8.55. The zero-order chi connectivity index (χ0) is 16.2. The number of hydrogen-bond acceptors (Lipinski definition) is 3. The van der Waals surface area contributed by atoms with Gasteiger partial charge in [-0.05, 0) is 49.3 Å². The van der Waals surface area contributed by atoms with Gasteiger partial charge in [0.25, 0.3) is 0 Å². The van der Waals surface area contributed by atoms with E-state index in [0.717, 1.165) is 18.6 Å². The molecule has 1 aromatic carbocycles. The normalized spacial score (nSPS) is 16.4. The molecule has 1 fully saturated rings. The van der Waals surface area contributed by atoms with Crippen LogP contribution >= 0.6 is 12.4 Å². The molecule has 0 aliphatic heterocycles. The van der Waals surface area contributed by atoms with Crippen LogP contribution in [0.2, 0.25) is 0 Å². The number of benzene rings is 1. The summed E-state index contributed by atoms with van der Waals surface area (Å²) in [7, 11) is 0. The van der Waals surface area contributed by atoms with Crippen molar-refractivity contribution in [3.05, 3.63) is 29.8 Å². The molecule has 4 nitrogen and oxygen atoms in total. The molecule has 1 atom stereocenters. The van der Waals surface area contributed by atoms with Gasteiger partial charge in [-0.1, -0.05) is 26.0 Å². The Morgan fingerprint density at radius 3 is 2.43 bits per heavy atom. The van der Waals surface area contributed by atoms with Gasteiger partial charge < -0.3 is 15.8 Å². The lowest BCUT2D eigenvalue weighted by Gasteiger charge is -2.29. The summed E-state index contributed by atoms with van der Waals surface area (Å²) >= 11 is 0. The molecule has 1 aliphatic rings. The molecule has 1 saturated carbocycles. The fourth-order valence-corrected chi connectivity index (χ4v) is 2.63. The maximum Gasteiger partial charge on any atom is 0.223 e. The Balaban J connectivity index is 0.00000264. The Morgan fingerprint density at radius 1 is 1.35 bits per heavy atom. The van der Waals surface area contributed by atoms with Gasteiger partial charge in [-0.3, -0.25) is 4.79 Å². The van der Waals surface area contributed by atoms with E-state index in [-0.39, 0.29) is 23.9 Å². The molecule has 0 spiro atoms. The zero-order valence-corrected chi connectivity index (χ0v) is 15.1. The number of nitrogens with one attached hydrogen (secondary N) is 1. The van der Waals surface area contributed by atoms with E-state index in [9.17, 15) is 4.79 Å². The van der Waals surface area contributed by atoms with E-state index in [1.165, 1.54) is 5.56 Å². The van der Waals surface area contributed by atoms with Gasteiger partial charge in [-0.2, -0.15) is 0 Å². The highest BCUT2D eigenvalue weighted by Gasteiger charge is 2.41. The topological polar surface area (TPSA) is 64.3 Å². The van der Waals surface area contributed by atoms with Crippen molar-refractivity contribution in [2.75, 3.05) is 13.2 Å². The Kier molecular flexibility index (Phi) is 7.36. The average molecular weight is 341 g/mol. The summed E-state index contributed by atoms with van der Waals surface area (Å²) in [4.78, 5) is 12.0. The Bertz CT molecular complexity index is 500. The van der Waals surface area contributed by atoms with Crippen molar-refractivity contribution in [3.8, 4) is 5.75 Å². The summed E-state index contributed by atoms with van der Waals surface area (Å²) in [6, 6.07) is 8.06. The Labute approximate surface area is 145 Å². The van der Waals surface area contributed by atoms with E-state index < -0.39 is 0 Å². The number of hydrogen-bond donors (Lipinski definition) is 2. The van der Waals surface area contributed by atoms with Gasteiger partial charge in [0, 0.05) is 6.54 Å². The lowest BCUT2D eigenvalue weighted by molar-refractivity contribution is -0.123. The first-order chi connectivity index (χ1) is 10.4. The second-order valence-corrected chi connectivity index (χ2v) is 6.77. The highest BCUT2D eigenvalue weighted by Crippen LogP contribution is 2.38. The van der Waals surface area contributed by atoms with Crippen LogP contribution < -0.4 is 15.8 Å². The van der Waals surface area contributed by atoms with Crippen molar-refractivity contribution in [1.82, 2.24) is 5.32 Å². The highest BCUT2D eigenvalue weighted by molar-refractivity contribution is 5.85. The molecule has 0 radical (unpaired) electrons. The van der Waals surface area contributed by atoms with Gasteiger partial charge in [0.05, 0.1) is 18.6 Å². The van der Waals surface area contributed by atoms with Crippen LogP contribution in [0.4, 0.5) is 0 Å². The lowest BCUT2D eigenvalue weighted by atomic mass is 9.96. The molecule has 1 aliphatic carbocycles. The van der Waals surface area contributed by atoms with Crippen LogP contribution in [0.15, 0.2) is 24.3 Å². The number of rotatable bonds is 8. The van der Waals surface area contributed by atoms with Gasteiger partial charge in [0.15, 0.2) is 0 Å². The molecule has 130 valence electrons. The number of carbonyl (C=O) groups is 1. The van der Waals surface area contributed by atoms with Crippen molar-refractivity contribution in [3.63, 3.8) is 0 Å². The molecule has 1 aromatic rings. The number of amides is 1. The van der Waals surface area contributed by atoms with E-state index in [0.29, 0.717) is 31.4 Å². The summed E-state index contributed by atoms with van der Waals surface area (Å²) in [6.45, 7) is 7.23. The van der Waals surface area contributed by atoms with Crippen LogP contribution in [0, 0.1) is 5.92 Å². The summed E-state index contributed by atoms with van der Waals surface area (Å²) in [5.41, 5.74) is 6.84. The number of halogens is 1. The molecular weight excluding hydrogens is 312 g/mol. The maximum atomic E-state index is 12.0. The smallest absolute Gasteiger partial charge is 0.223 e. The summed E-state index contributed by atoms with van der Waals surface area (Å²) in [6.07, 6.45) is 2.67. The van der Waals surface area contributed by atoms with Gasteiger partial charge in [0.2, 0.25) is 5.91 Å². The first-order valence-corrected chi connectivity index (χ1v) is 8.18. The predicted octanol–water partition coefficient (Wildman–Crippen LogP) is 3.24. The number of nitrogens with two attached hydrogens (primary N) is 1. The van der Waals surface area contributed by atoms with Crippen molar-refractivity contribution in [2.45, 2.75) is 51.5 Å². The third-order valence-corrected chi connectivity index (χ3v) is 4.47. The van der Waals surface area contributed by atoms with Gasteiger partial charge in [-0.15, -0.1) is 12.4 Å². The zero-order valence-electron chi connectivity index (χ0n) is 14.3. The highest BCUT2D eigenvalue weighted by atomic mass is 35.5. The quantitative estimate of drug-likeness (QED) is 0.763. The fraction of sp³-hybridized carbons (Fsp3) is 0.611. The molecule has 0 heterocycles. The minimum atomic E-state index is -0.254. The SMILES string of the molecule is CC(C)c1ccc(OCCC(=O)NC(C)(CN)C2CC2)cc1.Cl. The minimum Gasteiger partial charge on any atom is -0.493 e. The third-order valence-electron chi connectivity index (χ3n) is 4.47. The van der Waals surface area contributed by atoms with E-state index in [4.69, 9.17) is 10.5 Å². The van der Waals surface area contributed by atoms with Crippen LogP contribution in [0.1, 0.15) is 51.5 Å². The summed E-state index contributed by atoms with van der Waals surface area (Å²) in [5.74, 6) is 1.86. The number of ether oxygens (including phenoxy) is 1. The standard InChI is InChI=1S/C18H28N2O2.ClH/c1-13(2)14-4-8-16(9-5-14)22-11-10-17(21)20-18(3,12-19)15-6-7-15;/h4-5,8-9,13,15H,6-7,10-12,19H2,1-3H3,(H,20,21);1H. The van der Waals surface area contributed by atoms with Crippen LogP contribution in [-0.2, 0) is 4.79 Å². The molecule has 0 aromatic heterocycles. The van der Waals surface area contributed by atoms with E-state index >= 15 is 0 Å². The Morgan fingerprint density at radius 2 is 1.96 bits per heavy atom. The summed E-state index contributed by atoms with van der Waals surface area (Å²) in [5, 5.41) is 3.07. The molecule has 5 heteroatoms. The molecule has 23 heavy (non-hydrogen) atoms. The van der Waals surface area contributed by atoms with Crippen LogP contribution in [0.3, 0.4) is 0 Å². The van der Waals surface area contributed by atoms with Crippen LogP contribution in [0.25, 0.3) is 0 Å². The molecule has 0 saturated heterocycles. The van der Waals surface area contributed by atoms with Gasteiger partial charge in [-0.25, -0.2) is 0 Å². The second-order valence-electron chi connectivity index (χ2n) is 6.77.